The first-order valence-electron chi connectivity index (χ1n) is 4.38. The molecule has 0 heterocycles. The molecule has 0 saturated carbocycles. The van der Waals surface area contributed by atoms with Crippen LogP contribution in [-0.4, -0.2) is 0 Å². The van der Waals surface area contributed by atoms with E-state index in [9.17, 15) is 0 Å². The molecule has 0 rings (SSSR count). The van der Waals surface area contributed by atoms with Crippen molar-refractivity contribution in [2.45, 2.75) is 34.1 Å². The second kappa shape index (κ2) is 5.70. The Morgan fingerprint density at radius 3 is 2.09 bits per heavy atom. The van der Waals surface area contributed by atoms with E-state index in [0.29, 0.717) is 5.92 Å². The molecule has 2 unspecified atom stereocenters. The molecule has 0 aliphatic rings. The van der Waals surface area contributed by atoms with E-state index in [0.717, 1.165) is 11.8 Å². The summed E-state index contributed by atoms with van der Waals surface area (Å²) in [5.74, 6) is 2.24. The molecule has 0 nitrogen and oxygen atoms in total. The summed E-state index contributed by atoms with van der Waals surface area (Å²) < 4.78 is 0. The van der Waals surface area contributed by atoms with Crippen LogP contribution >= 0.6 is 12.6 Å². The Bertz CT molecular complexity index is 116. The zero-order valence-corrected chi connectivity index (χ0v) is 8.94. The van der Waals surface area contributed by atoms with Crippen molar-refractivity contribution in [3.63, 3.8) is 0 Å². The quantitative estimate of drug-likeness (QED) is 0.613. The van der Waals surface area contributed by atoms with Crippen LogP contribution in [0.2, 0.25) is 0 Å². The standard InChI is InChI=1S/C10H20S/c1-8(2)7-10(4)9(3)5-6-11/h5-6,8-11H,7H2,1-4H3. The van der Waals surface area contributed by atoms with Gasteiger partial charge in [-0.25, -0.2) is 0 Å². The lowest BCUT2D eigenvalue weighted by Crippen LogP contribution is -2.08. The fourth-order valence-electron chi connectivity index (χ4n) is 1.28. The largest absolute Gasteiger partial charge is 0.152 e. The van der Waals surface area contributed by atoms with E-state index in [1.807, 2.05) is 5.41 Å². The van der Waals surface area contributed by atoms with Gasteiger partial charge in [0.05, 0.1) is 0 Å². The number of allylic oxidation sites excluding steroid dienone is 1. The first kappa shape index (κ1) is 11.1. The van der Waals surface area contributed by atoms with Crippen molar-refractivity contribution in [1.29, 1.82) is 0 Å². The van der Waals surface area contributed by atoms with Crippen LogP contribution in [0.4, 0.5) is 0 Å². The summed E-state index contributed by atoms with van der Waals surface area (Å²) in [6, 6.07) is 0. The minimum absolute atomic E-state index is 0.662. The zero-order valence-electron chi connectivity index (χ0n) is 8.04. The third-order valence-corrected chi connectivity index (χ3v) is 2.30. The van der Waals surface area contributed by atoms with Crippen molar-refractivity contribution in [1.82, 2.24) is 0 Å². The van der Waals surface area contributed by atoms with Gasteiger partial charge in [-0.2, -0.15) is 12.6 Å². The minimum atomic E-state index is 0.662. The molecule has 1 heteroatoms. The molecule has 0 fully saturated rings. The van der Waals surface area contributed by atoms with Crippen LogP contribution in [-0.2, 0) is 0 Å². The Hall–Kier alpha value is 0.0900. The molecule has 0 N–H and O–H groups in total. The second-order valence-electron chi connectivity index (χ2n) is 3.81. The highest BCUT2D eigenvalue weighted by molar-refractivity contribution is 7.83. The monoisotopic (exact) mass is 172 g/mol. The Balaban J connectivity index is 3.72. The van der Waals surface area contributed by atoms with Crippen molar-refractivity contribution in [2.24, 2.45) is 17.8 Å². The second-order valence-corrected chi connectivity index (χ2v) is 4.11. The van der Waals surface area contributed by atoms with Crippen molar-refractivity contribution >= 4 is 12.6 Å². The van der Waals surface area contributed by atoms with Crippen molar-refractivity contribution in [3.05, 3.63) is 11.5 Å². The molecule has 0 aromatic rings. The molecular formula is C10H20S. The van der Waals surface area contributed by atoms with Crippen LogP contribution in [0.15, 0.2) is 11.5 Å². The molecule has 0 aliphatic carbocycles. The van der Waals surface area contributed by atoms with Crippen LogP contribution in [0.25, 0.3) is 0 Å². The predicted molar refractivity (Wildman–Crippen MR) is 55.9 cm³/mol. The van der Waals surface area contributed by atoms with Gasteiger partial charge in [-0.15, -0.1) is 0 Å². The molecule has 2 atom stereocenters. The average molecular weight is 172 g/mol. The van der Waals surface area contributed by atoms with Crippen molar-refractivity contribution in [3.8, 4) is 0 Å². The maximum Gasteiger partial charge on any atom is -0.0228 e. The van der Waals surface area contributed by atoms with Crippen molar-refractivity contribution in [2.75, 3.05) is 0 Å². The van der Waals surface area contributed by atoms with E-state index in [-0.39, 0.29) is 0 Å². The lowest BCUT2D eigenvalue weighted by atomic mass is 9.88. The van der Waals surface area contributed by atoms with Crippen LogP contribution < -0.4 is 0 Å². The Labute approximate surface area is 76.5 Å². The van der Waals surface area contributed by atoms with Gasteiger partial charge in [0.2, 0.25) is 0 Å². The van der Waals surface area contributed by atoms with Gasteiger partial charge >= 0.3 is 0 Å². The van der Waals surface area contributed by atoms with Gasteiger partial charge in [-0.05, 0) is 29.6 Å². The van der Waals surface area contributed by atoms with E-state index in [1.54, 1.807) is 0 Å². The molecule has 0 aromatic carbocycles. The normalized spacial score (nSPS) is 17.6. The summed E-state index contributed by atoms with van der Waals surface area (Å²) >= 11 is 4.06. The minimum Gasteiger partial charge on any atom is -0.152 e. The third-order valence-electron chi connectivity index (χ3n) is 2.13. The first-order valence-corrected chi connectivity index (χ1v) is 4.90. The molecule has 0 spiro atoms. The van der Waals surface area contributed by atoms with E-state index < -0.39 is 0 Å². The number of hydrogen-bond acceptors (Lipinski definition) is 1. The van der Waals surface area contributed by atoms with Crippen molar-refractivity contribution < 1.29 is 0 Å². The topological polar surface area (TPSA) is 0 Å². The number of hydrogen-bond donors (Lipinski definition) is 1. The fraction of sp³-hybridized carbons (Fsp3) is 0.800. The number of thiol groups is 1. The summed E-state index contributed by atoms with van der Waals surface area (Å²) in [7, 11) is 0. The fourth-order valence-corrected chi connectivity index (χ4v) is 1.56. The molecule has 0 aromatic heterocycles. The van der Waals surface area contributed by atoms with E-state index in [4.69, 9.17) is 0 Å². The summed E-state index contributed by atoms with van der Waals surface area (Å²) in [6.45, 7) is 9.10. The highest BCUT2D eigenvalue weighted by Crippen LogP contribution is 2.20. The predicted octanol–water partition coefficient (Wildman–Crippen LogP) is 3.75. The maximum absolute atomic E-state index is 4.06. The molecule has 66 valence electrons. The highest BCUT2D eigenvalue weighted by atomic mass is 32.1. The van der Waals surface area contributed by atoms with Gasteiger partial charge in [-0.3, -0.25) is 0 Å². The van der Waals surface area contributed by atoms with Crippen LogP contribution in [0.5, 0.6) is 0 Å². The molecule has 0 bridgehead atoms. The summed E-state index contributed by atoms with van der Waals surface area (Å²) in [5, 5.41) is 1.85. The van der Waals surface area contributed by atoms with Crippen LogP contribution in [0.3, 0.4) is 0 Å². The number of rotatable bonds is 4. The Kier molecular flexibility index (Phi) is 5.75. The summed E-state index contributed by atoms with van der Waals surface area (Å²) in [4.78, 5) is 0. The third kappa shape index (κ3) is 5.37. The lowest BCUT2D eigenvalue weighted by molar-refractivity contribution is 0.370. The van der Waals surface area contributed by atoms with Gasteiger partial charge in [0, 0.05) is 0 Å². The van der Waals surface area contributed by atoms with Crippen LogP contribution in [0, 0.1) is 17.8 Å². The van der Waals surface area contributed by atoms with Crippen LogP contribution in [0.1, 0.15) is 34.1 Å². The highest BCUT2D eigenvalue weighted by Gasteiger charge is 2.10. The SMILES string of the molecule is CC(C)CC(C)C(C)C=CS. The van der Waals surface area contributed by atoms with Gasteiger partial charge in [0.1, 0.15) is 0 Å². The maximum atomic E-state index is 4.06. The molecule has 0 amide bonds. The average Bonchev–Trinajstić information content (AvgIpc) is 1.86. The van der Waals surface area contributed by atoms with Gasteiger partial charge in [0.15, 0.2) is 0 Å². The molecule has 0 aliphatic heterocycles. The van der Waals surface area contributed by atoms with Gasteiger partial charge < -0.3 is 0 Å². The zero-order chi connectivity index (χ0) is 8.85. The van der Waals surface area contributed by atoms with Gasteiger partial charge in [-0.1, -0.05) is 33.8 Å². The smallest absolute Gasteiger partial charge is 0.0228 e. The molecule has 0 radical (unpaired) electrons. The van der Waals surface area contributed by atoms with E-state index in [1.165, 1.54) is 6.42 Å². The van der Waals surface area contributed by atoms with E-state index >= 15 is 0 Å². The lowest BCUT2D eigenvalue weighted by Gasteiger charge is -2.18. The molecule has 11 heavy (non-hydrogen) atoms. The van der Waals surface area contributed by atoms with Gasteiger partial charge in [0.25, 0.3) is 0 Å². The summed E-state index contributed by atoms with van der Waals surface area (Å²) in [6.07, 6.45) is 3.47. The molecular weight excluding hydrogens is 152 g/mol. The van der Waals surface area contributed by atoms with E-state index in [2.05, 4.69) is 46.4 Å². The molecule has 0 saturated heterocycles. The Morgan fingerprint density at radius 2 is 1.73 bits per heavy atom. The Morgan fingerprint density at radius 1 is 1.18 bits per heavy atom. The summed E-state index contributed by atoms with van der Waals surface area (Å²) in [5.41, 5.74) is 0. The first-order chi connectivity index (χ1) is 5.07.